The maximum atomic E-state index is 4.06. The van der Waals surface area contributed by atoms with Gasteiger partial charge in [-0.15, -0.1) is 0 Å². The van der Waals surface area contributed by atoms with Crippen molar-refractivity contribution < 1.29 is 0 Å². The van der Waals surface area contributed by atoms with Crippen LogP contribution in [-0.2, 0) is 0 Å². The van der Waals surface area contributed by atoms with E-state index in [1.54, 1.807) is 0 Å². The molecule has 0 atom stereocenters. The van der Waals surface area contributed by atoms with Gasteiger partial charge < -0.3 is 9.80 Å². The molecule has 1 aromatic rings. The van der Waals surface area contributed by atoms with Crippen molar-refractivity contribution in [1.29, 1.82) is 0 Å². The van der Waals surface area contributed by atoms with Crippen LogP contribution in [0.5, 0.6) is 0 Å². The van der Waals surface area contributed by atoms with E-state index in [1.165, 1.54) is 87.2 Å². The van der Waals surface area contributed by atoms with Crippen molar-refractivity contribution in [3.8, 4) is 0 Å². The van der Waals surface area contributed by atoms with Gasteiger partial charge >= 0.3 is 0 Å². The molecule has 2 aliphatic rings. The van der Waals surface area contributed by atoms with E-state index in [4.69, 9.17) is 0 Å². The van der Waals surface area contributed by atoms with E-state index >= 15 is 0 Å². The van der Waals surface area contributed by atoms with Gasteiger partial charge in [-0.05, 0) is 61.8 Å². The zero-order valence-electron chi connectivity index (χ0n) is 13.7. The first-order valence-corrected chi connectivity index (χ1v) is 8.76. The number of nitrogens with zero attached hydrogens (tertiary/aromatic N) is 2. The van der Waals surface area contributed by atoms with Crippen molar-refractivity contribution in [1.82, 2.24) is 0 Å². The van der Waals surface area contributed by atoms with Crippen molar-refractivity contribution in [3.63, 3.8) is 0 Å². The molecular formula is C20H28N2. The molecule has 2 heteroatoms. The van der Waals surface area contributed by atoms with Crippen LogP contribution in [0.1, 0.15) is 49.7 Å². The molecule has 0 aromatic heterocycles. The molecule has 0 N–H and O–H groups in total. The number of piperidine rings is 2. The Morgan fingerprint density at radius 3 is 1.32 bits per heavy atom. The van der Waals surface area contributed by atoms with E-state index in [1.807, 2.05) is 12.2 Å². The lowest BCUT2D eigenvalue weighted by Crippen LogP contribution is -2.32. The lowest BCUT2D eigenvalue weighted by atomic mass is 10.0. The van der Waals surface area contributed by atoms with Crippen molar-refractivity contribution in [2.24, 2.45) is 0 Å². The minimum atomic E-state index is 1.17. The van der Waals surface area contributed by atoms with Gasteiger partial charge in [0, 0.05) is 37.6 Å². The van der Waals surface area contributed by atoms with Gasteiger partial charge in [-0.25, -0.2) is 0 Å². The average molecular weight is 296 g/mol. The van der Waals surface area contributed by atoms with E-state index in [2.05, 4.69) is 35.1 Å². The molecular weight excluding hydrogens is 268 g/mol. The number of hydrogen-bond donors (Lipinski definition) is 0. The Morgan fingerprint density at radius 1 is 0.636 bits per heavy atom. The fourth-order valence-electron chi connectivity index (χ4n) is 3.75. The second kappa shape index (κ2) is 7.04. The van der Waals surface area contributed by atoms with Gasteiger partial charge in [0.1, 0.15) is 0 Å². The minimum absolute atomic E-state index is 1.17. The highest BCUT2D eigenvalue weighted by molar-refractivity contribution is 5.79. The monoisotopic (exact) mass is 296 g/mol. The van der Waals surface area contributed by atoms with Crippen LogP contribution in [0.4, 0.5) is 11.4 Å². The molecule has 0 bridgehead atoms. The maximum Gasteiger partial charge on any atom is 0.0447 e. The Bertz CT molecular complexity index is 485. The third-order valence-electron chi connectivity index (χ3n) is 5.01. The molecule has 2 heterocycles. The van der Waals surface area contributed by atoms with Crippen LogP contribution < -0.4 is 9.80 Å². The Hall–Kier alpha value is -1.70. The quantitative estimate of drug-likeness (QED) is 0.775. The molecule has 0 aliphatic carbocycles. The molecule has 3 rings (SSSR count). The molecule has 0 spiro atoms. The van der Waals surface area contributed by atoms with Crippen LogP contribution in [0.2, 0.25) is 0 Å². The molecule has 0 amide bonds. The highest BCUT2D eigenvalue weighted by Crippen LogP contribution is 2.34. The summed E-state index contributed by atoms with van der Waals surface area (Å²) >= 11 is 0. The third-order valence-corrected chi connectivity index (χ3v) is 5.01. The zero-order valence-corrected chi connectivity index (χ0v) is 13.7. The predicted octanol–water partition coefficient (Wildman–Crippen LogP) is 4.95. The first-order chi connectivity index (χ1) is 10.8. The fraction of sp³-hybridized carbons (Fsp3) is 0.500. The van der Waals surface area contributed by atoms with Crippen LogP contribution in [0, 0.1) is 0 Å². The van der Waals surface area contributed by atoms with E-state index in [0.717, 1.165) is 0 Å². The van der Waals surface area contributed by atoms with Crippen LogP contribution in [0.15, 0.2) is 25.3 Å². The summed E-state index contributed by atoms with van der Waals surface area (Å²) in [6, 6.07) is 4.67. The van der Waals surface area contributed by atoms with Crippen LogP contribution in [-0.4, -0.2) is 26.2 Å². The van der Waals surface area contributed by atoms with E-state index in [0.29, 0.717) is 0 Å². The van der Waals surface area contributed by atoms with Crippen molar-refractivity contribution in [2.45, 2.75) is 38.5 Å². The van der Waals surface area contributed by atoms with Gasteiger partial charge in [-0.3, -0.25) is 0 Å². The summed E-state index contributed by atoms with van der Waals surface area (Å²) < 4.78 is 0. The summed E-state index contributed by atoms with van der Waals surface area (Å²) in [5.74, 6) is 0. The fourth-order valence-corrected chi connectivity index (χ4v) is 3.75. The molecule has 22 heavy (non-hydrogen) atoms. The summed E-state index contributed by atoms with van der Waals surface area (Å²) in [7, 11) is 0. The first kappa shape index (κ1) is 15.2. The van der Waals surface area contributed by atoms with E-state index < -0.39 is 0 Å². The number of anilines is 2. The summed E-state index contributed by atoms with van der Waals surface area (Å²) in [5.41, 5.74) is 5.22. The second-order valence-electron chi connectivity index (χ2n) is 6.47. The standard InChI is InChI=1S/C20H28N2/c1-3-17-15-20(22-13-9-6-10-14-22)18(4-2)16-19(17)21-11-7-5-8-12-21/h3-4,15-16H,1-2,5-14H2. The predicted molar refractivity (Wildman–Crippen MR) is 98.8 cm³/mol. The van der Waals surface area contributed by atoms with Gasteiger partial charge in [-0.2, -0.15) is 0 Å². The Kier molecular flexibility index (Phi) is 4.87. The number of hydrogen-bond acceptors (Lipinski definition) is 2. The maximum absolute atomic E-state index is 4.06. The number of rotatable bonds is 4. The average Bonchev–Trinajstić information content (AvgIpc) is 2.62. The van der Waals surface area contributed by atoms with Crippen molar-refractivity contribution in [3.05, 3.63) is 36.4 Å². The molecule has 2 saturated heterocycles. The molecule has 0 saturated carbocycles. The van der Waals surface area contributed by atoms with Crippen LogP contribution >= 0.6 is 0 Å². The smallest absolute Gasteiger partial charge is 0.0447 e. The molecule has 1 aromatic carbocycles. The van der Waals surface area contributed by atoms with Gasteiger partial charge in [0.25, 0.3) is 0 Å². The molecule has 2 nitrogen and oxygen atoms in total. The normalized spacial score (nSPS) is 19.1. The van der Waals surface area contributed by atoms with Gasteiger partial charge in [0.2, 0.25) is 0 Å². The molecule has 2 aliphatic heterocycles. The Labute approximate surface area is 135 Å². The summed E-state index contributed by atoms with van der Waals surface area (Å²) in [5, 5.41) is 0. The Morgan fingerprint density at radius 2 is 1.00 bits per heavy atom. The van der Waals surface area contributed by atoms with Gasteiger partial charge in [0.15, 0.2) is 0 Å². The Balaban J connectivity index is 1.97. The summed E-state index contributed by atoms with van der Waals surface area (Å²) in [6.45, 7) is 12.8. The molecule has 2 fully saturated rings. The first-order valence-electron chi connectivity index (χ1n) is 8.76. The largest absolute Gasteiger partial charge is 0.371 e. The highest BCUT2D eigenvalue weighted by atomic mass is 15.1. The van der Waals surface area contributed by atoms with Gasteiger partial charge in [-0.1, -0.05) is 25.3 Å². The van der Waals surface area contributed by atoms with Crippen LogP contribution in [0.3, 0.4) is 0 Å². The topological polar surface area (TPSA) is 6.48 Å². The van der Waals surface area contributed by atoms with Crippen molar-refractivity contribution >= 4 is 23.5 Å². The highest BCUT2D eigenvalue weighted by Gasteiger charge is 2.19. The lowest BCUT2D eigenvalue weighted by molar-refractivity contribution is 0.575. The van der Waals surface area contributed by atoms with E-state index in [9.17, 15) is 0 Å². The third kappa shape index (κ3) is 3.06. The SMILES string of the molecule is C=Cc1cc(N2CCCCC2)c(C=C)cc1N1CCCCC1. The minimum Gasteiger partial charge on any atom is -0.371 e. The van der Waals surface area contributed by atoms with Crippen LogP contribution in [0.25, 0.3) is 12.2 Å². The summed E-state index contributed by atoms with van der Waals surface area (Å²) in [6.07, 6.45) is 12.0. The zero-order chi connectivity index (χ0) is 15.4. The van der Waals surface area contributed by atoms with Gasteiger partial charge in [0.05, 0.1) is 0 Å². The number of benzene rings is 1. The molecule has 0 radical (unpaired) electrons. The second-order valence-corrected chi connectivity index (χ2v) is 6.47. The lowest BCUT2D eigenvalue weighted by Gasteiger charge is -2.34. The summed E-state index contributed by atoms with van der Waals surface area (Å²) in [4.78, 5) is 5.04. The molecule has 118 valence electrons. The van der Waals surface area contributed by atoms with E-state index in [-0.39, 0.29) is 0 Å². The molecule has 0 unspecified atom stereocenters. The van der Waals surface area contributed by atoms with Crippen molar-refractivity contribution in [2.75, 3.05) is 36.0 Å².